The summed E-state index contributed by atoms with van der Waals surface area (Å²) in [6.45, 7) is 4.07. The molecule has 0 aliphatic carbocycles. The monoisotopic (exact) mass is 351 g/mol. The molecule has 2 aromatic carbocycles. The fraction of sp³-hybridized carbons (Fsp3) is 0.435. The highest BCUT2D eigenvalue weighted by molar-refractivity contribution is 5.77. The first-order valence-corrected chi connectivity index (χ1v) is 9.72. The predicted octanol–water partition coefficient (Wildman–Crippen LogP) is 4.33. The van der Waals surface area contributed by atoms with Crippen LogP contribution in [0, 0.1) is 5.92 Å². The predicted molar refractivity (Wildman–Crippen MR) is 105 cm³/mol. The Balaban J connectivity index is 1.66. The van der Waals surface area contributed by atoms with Gasteiger partial charge in [0, 0.05) is 6.42 Å². The lowest BCUT2D eigenvalue weighted by molar-refractivity contribution is -0.151. The third kappa shape index (κ3) is 5.43. The van der Waals surface area contributed by atoms with Crippen molar-refractivity contribution < 1.29 is 9.53 Å². The van der Waals surface area contributed by atoms with E-state index in [1.165, 1.54) is 5.56 Å². The van der Waals surface area contributed by atoms with Crippen LogP contribution in [0.1, 0.15) is 43.2 Å². The van der Waals surface area contributed by atoms with Crippen LogP contribution in [0.4, 0.5) is 0 Å². The van der Waals surface area contributed by atoms with E-state index in [1.807, 2.05) is 55.5 Å². The zero-order valence-corrected chi connectivity index (χ0v) is 15.6. The second-order valence-electron chi connectivity index (χ2n) is 7.31. The van der Waals surface area contributed by atoms with E-state index in [9.17, 15) is 4.79 Å². The first kappa shape index (κ1) is 18.7. The number of carbonyl (C=O) groups is 1. The van der Waals surface area contributed by atoms with Crippen LogP contribution in [-0.4, -0.2) is 25.2 Å². The Hall–Kier alpha value is -2.13. The number of esters is 1. The minimum Gasteiger partial charge on any atom is -0.462 e. The fourth-order valence-corrected chi connectivity index (χ4v) is 3.68. The molecule has 1 aliphatic rings. The van der Waals surface area contributed by atoms with Gasteiger partial charge in [-0.2, -0.15) is 0 Å². The van der Waals surface area contributed by atoms with Crippen molar-refractivity contribution >= 4 is 5.97 Å². The molecule has 0 aromatic heterocycles. The molecule has 138 valence electrons. The van der Waals surface area contributed by atoms with E-state index in [1.54, 1.807) is 0 Å². The number of hydrogen-bond acceptors (Lipinski definition) is 3. The van der Waals surface area contributed by atoms with Crippen molar-refractivity contribution in [3.05, 3.63) is 71.8 Å². The number of hydrogen-bond donors (Lipinski definition) is 1. The number of rotatable bonds is 7. The Morgan fingerprint density at radius 3 is 2.31 bits per heavy atom. The van der Waals surface area contributed by atoms with Gasteiger partial charge in [-0.25, -0.2) is 0 Å². The number of benzene rings is 2. The lowest BCUT2D eigenvalue weighted by Crippen LogP contribution is -2.32. The molecule has 1 aliphatic heterocycles. The van der Waals surface area contributed by atoms with Gasteiger partial charge in [0.15, 0.2) is 0 Å². The van der Waals surface area contributed by atoms with Crippen LogP contribution >= 0.6 is 0 Å². The molecule has 2 atom stereocenters. The topological polar surface area (TPSA) is 38.3 Å². The Bertz CT molecular complexity index is 665. The molecule has 0 amide bonds. The molecule has 0 radical (unpaired) electrons. The summed E-state index contributed by atoms with van der Waals surface area (Å²) in [5.74, 6) is 0.276. The lowest BCUT2D eigenvalue weighted by Gasteiger charge is -2.28. The molecule has 2 unspecified atom stereocenters. The van der Waals surface area contributed by atoms with E-state index < -0.39 is 0 Å². The molecule has 0 saturated carbocycles. The quantitative estimate of drug-likeness (QED) is 0.755. The molecule has 2 aromatic rings. The second-order valence-corrected chi connectivity index (χ2v) is 7.31. The molecule has 3 nitrogen and oxygen atoms in total. The maximum atomic E-state index is 12.8. The Morgan fingerprint density at radius 1 is 1.04 bits per heavy atom. The summed E-state index contributed by atoms with van der Waals surface area (Å²) in [6.07, 6.45) is 4.01. The van der Waals surface area contributed by atoms with Crippen molar-refractivity contribution in [2.75, 3.05) is 13.1 Å². The van der Waals surface area contributed by atoms with E-state index in [4.69, 9.17) is 4.74 Å². The minimum absolute atomic E-state index is 0.0563. The summed E-state index contributed by atoms with van der Waals surface area (Å²) >= 11 is 0. The van der Waals surface area contributed by atoms with Gasteiger partial charge >= 0.3 is 5.97 Å². The lowest BCUT2D eigenvalue weighted by atomic mass is 9.90. The minimum atomic E-state index is -0.234. The molecule has 1 fully saturated rings. The summed E-state index contributed by atoms with van der Waals surface area (Å²) in [5.41, 5.74) is 2.24. The van der Waals surface area contributed by atoms with Gasteiger partial charge in [-0.3, -0.25) is 4.79 Å². The fourth-order valence-electron chi connectivity index (χ4n) is 3.68. The SMILES string of the molecule is CC(C(=O)OC(Cc1ccccc1)CC1CCNCC1)c1ccccc1. The van der Waals surface area contributed by atoms with Crippen molar-refractivity contribution in [1.29, 1.82) is 0 Å². The van der Waals surface area contributed by atoms with Gasteiger partial charge in [0.1, 0.15) is 6.10 Å². The zero-order valence-electron chi connectivity index (χ0n) is 15.6. The molecule has 26 heavy (non-hydrogen) atoms. The molecule has 3 rings (SSSR count). The Kier molecular flexibility index (Phi) is 6.84. The molecular formula is C23H29NO2. The van der Waals surface area contributed by atoms with Gasteiger partial charge in [0.2, 0.25) is 0 Å². The summed E-state index contributed by atoms with van der Waals surface area (Å²) in [4.78, 5) is 12.8. The first-order valence-electron chi connectivity index (χ1n) is 9.72. The molecule has 1 heterocycles. The van der Waals surface area contributed by atoms with E-state index in [-0.39, 0.29) is 18.0 Å². The number of nitrogens with one attached hydrogen (secondary N) is 1. The van der Waals surface area contributed by atoms with E-state index in [2.05, 4.69) is 17.4 Å². The molecule has 3 heteroatoms. The smallest absolute Gasteiger partial charge is 0.313 e. The highest BCUT2D eigenvalue weighted by Crippen LogP contribution is 2.24. The number of piperidine rings is 1. The van der Waals surface area contributed by atoms with E-state index in [0.717, 1.165) is 44.3 Å². The van der Waals surface area contributed by atoms with Crippen LogP contribution in [0.2, 0.25) is 0 Å². The van der Waals surface area contributed by atoms with Crippen molar-refractivity contribution in [1.82, 2.24) is 5.32 Å². The van der Waals surface area contributed by atoms with Crippen molar-refractivity contribution in [2.24, 2.45) is 5.92 Å². The van der Waals surface area contributed by atoms with Crippen molar-refractivity contribution in [2.45, 2.75) is 44.6 Å². The van der Waals surface area contributed by atoms with Crippen LogP contribution < -0.4 is 5.32 Å². The maximum absolute atomic E-state index is 12.8. The largest absolute Gasteiger partial charge is 0.462 e. The van der Waals surface area contributed by atoms with Crippen LogP contribution in [0.3, 0.4) is 0 Å². The van der Waals surface area contributed by atoms with Crippen molar-refractivity contribution in [3.63, 3.8) is 0 Å². The molecular weight excluding hydrogens is 322 g/mol. The molecule has 0 bridgehead atoms. The molecule has 1 saturated heterocycles. The van der Waals surface area contributed by atoms with Crippen LogP contribution in [-0.2, 0) is 16.0 Å². The summed E-state index contributed by atoms with van der Waals surface area (Å²) in [7, 11) is 0. The average Bonchev–Trinajstić information content (AvgIpc) is 2.69. The Labute approximate surface area is 156 Å². The van der Waals surface area contributed by atoms with Gasteiger partial charge in [0.25, 0.3) is 0 Å². The van der Waals surface area contributed by atoms with E-state index >= 15 is 0 Å². The average molecular weight is 351 g/mol. The molecule has 1 N–H and O–H groups in total. The van der Waals surface area contributed by atoms with Crippen LogP contribution in [0.15, 0.2) is 60.7 Å². The van der Waals surface area contributed by atoms with Gasteiger partial charge in [-0.1, -0.05) is 60.7 Å². The summed E-state index contributed by atoms with van der Waals surface area (Å²) in [5, 5.41) is 3.41. The second kappa shape index (κ2) is 9.54. The normalized spacial score (nSPS) is 17.4. The zero-order chi connectivity index (χ0) is 18.2. The standard InChI is InChI=1S/C23H29NO2/c1-18(21-10-6-3-7-11-21)23(25)26-22(16-19-8-4-2-5-9-19)17-20-12-14-24-15-13-20/h2-11,18,20,22,24H,12-17H2,1H3. The highest BCUT2D eigenvalue weighted by Gasteiger charge is 2.25. The maximum Gasteiger partial charge on any atom is 0.313 e. The van der Waals surface area contributed by atoms with Gasteiger partial charge < -0.3 is 10.1 Å². The van der Waals surface area contributed by atoms with Gasteiger partial charge in [-0.05, 0) is 56.3 Å². The summed E-state index contributed by atoms with van der Waals surface area (Å²) < 4.78 is 6.01. The van der Waals surface area contributed by atoms with E-state index in [0.29, 0.717) is 5.92 Å². The van der Waals surface area contributed by atoms with Crippen molar-refractivity contribution in [3.8, 4) is 0 Å². The highest BCUT2D eigenvalue weighted by atomic mass is 16.5. The molecule has 0 spiro atoms. The Morgan fingerprint density at radius 2 is 1.65 bits per heavy atom. The third-order valence-electron chi connectivity index (χ3n) is 5.30. The number of ether oxygens (including phenoxy) is 1. The third-order valence-corrected chi connectivity index (χ3v) is 5.30. The van der Waals surface area contributed by atoms with Crippen LogP contribution in [0.5, 0.6) is 0 Å². The summed E-state index contributed by atoms with van der Waals surface area (Å²) in [6, 6.07) is 20.2. The van der Waals surface area contributed by atoms with Gasteiger partial charge in [0.05, 0.1) is 5.92 Å². The first-order chi connectivity index (χ1) is 12.7. The number of carbonyl (C=O) groups excluding carboxylic acids is 1. The van der Waals surface area contributed by atoms with Gasteiger partial charge in [-0.15, -0.1) is 0 Å². The van der Waals surface area contributed by atoms with Crippen LogP contribution in [0.25, 0.3) is 0 Å².